The van der Waals surface area contributed by atoms with E-state index in [0.717, 1.165) is 49.5 Å². The van der Waals surface area contributed by atoms with E-state index in [1.165, 1.54) is 59.8 Å². The maximum atomic E-state index is 5.45. The highest BCUT2D eigenvalue weighted by Gasteiger charge is 2.16. The van der Waals surface area contributed by atoms with E-state index in [0.29, 0.717) is 0 Å². The van der Waals surface area contributed by atoms with Crippen LogP contribution >= 0.6 is 0 Å². The van der Waals surface area contributed by atoms with Gasteiger partial charge in [-0.15, -0.1) is 0 Å². The number of benzene rings is 8. The predicted molar refractivity (Wildman–Crippen MR) is 219 cm³/mol. The zero-order chi connectivity index (χ0) is 34.2. The summed E-state index contributed by atoms with van der Waals surface area (Å²) in [5, 5.41) is 13.1. The molecule has 0 radical (unpaired) electrons. The van der Waals surface area contributed by atoms with Crippen LogP contribution in [0.25, 0.3) is 109 Å². The second-order valence-corrected chi connectivity index (χ2v) is 13.6. The van der Waals surface area contributed by atoms with Crippen LogP contribution in [0.3, 0.4) is 0 Å². The van der Waals surface area contributed by atoms with Crippen molar-refractivity contribution in [2.24, 2.45) is 0 Å². The van der Waals surface area contributed by atoms with Crippen LogP contribution in [0, 0.1) is 0 Å². The lowest BCUT2D eigenvalue weighted by Crippen LogP contribution is -1.92. The maximum absolute atomic E-state index is 5.45. The summed E-state index contributed by atoms with van der Waals surface area (Å²) < 4.78 is 0. The van der Waals surface area contributed by atoms with Crippen LogP contribution in [-0.2, 0) is 0 Å². The molecule has 0 atom stereocenters. The van der Waals surface area contributed by atoms with Crippen molar-refractivity contribution in [1.29, 1.82) is 0 Å². The fraction of sp³-hybridized carbons (Fsp3) is 0. The highest BCUT2D eigenvalue weighted by Crippen LogP contribution is 2.41. The molecule has 0 aliphatic rings. The number of hydrogen-bond acceptors (Lipinski definition) is 3. The first kappa shape index (κ1) is 28.8. The minimum Gasteiger partial charge on any atom is -0.254 e. The average Bonchev–Trinajstić information content (AvgIpc) is 3.22. The Morgan fingerprint density at radius 2 is 0.885 bits per heavy atom. The van der Waals surface area contributed by atoms with Crippen LogP contribution in [0.5, 0.6) is 0 Å². The standard InChI is InChI=1S/C49H29N3/c1-3-11-40-38(9-1)39-10-2-5-13-42(39)48-45(40)41-12-4-6-14-43(41)46(52-48)32-17-15-30(16-18-32)33-19-20-35-29-36(22-21-34(35)28-33)37-25-27-51-49-44(37)24-23-31-8-7-26-50-47(31)49/h1-29H. The van der Waals surface area contributed by atoms with E-state index in [1.807, 2.05) is 18.5 Å². The molecule has 0 bridgehead atoms. The number of fused-ring (bicyclic) bond motifs is 12. The fourth-order valence-electron chi connectivity index (χ4n) is 8.23. The molecule has 3 heteroatoms. The Hall–Kier alpha value is -6.97. The Morgan fingerprint density at radius 3 is 1.67 bits per heavy atom. The van der Waals surface area contributed by atoms with Crippen molar-refractivity contribution in [2.45, 2.75) is 0 Å². The molecule has 0 saturated heterocycles. The zero-order valence-corrected chi connectivity index (χ0v) is 28.1. The van der Waals surface area contributed by atoms with Crippen molar-refractivity contribution < 1.29 is 0 Å². The van der Waals surface area contributed by atoms with Crippen molar-refractivity contribution in [3.05, 3.63) is 176 Å². The van der Waals surface area contributed by atoms with Gasteiger partial charge in [-0.2, -0.15) is 0 Å². The lowest BCUT2D eigenvalue weighted by molar-refractivity contribution is 1.37. The summed E-state index contributed by atoms with van der Waals surface area (Å²) in [5.74, 6) is 0. The van der Waals surface area contributed by atoms with Crippen LogP contribution in [0.15, 0.2) is 176 Å². The van der Waals surface area contributed by atoms with Crippen LogP contribution in [0.1, 0.15) is 0 Å². The first-order valence-electron chi connectivity index (χ1n) is 17.7. The number of hydrogen-bond donors (Lipinski definition) is 0. The third-order valence-corrected chi connectivity index (χ3v) is 10.7. The molecule has 0 saturated carbocycles. The maximum Gasteiger partial charge on any atom is 0.0970 e. The third kappa shape index (κ3) is 4.36. The van der Waals surface area contributed by atoms with Crippen LogP contribution < -0.4 is 0 Å². The molecule has 3 aromatic heterocycles. The molecule has 11 rings (SSSR count). The number of rotatable bonds is 3. The van der Waals surface area contributed by atoms with E-state index >= 15 is 0 Å². The summed E-state index contributed by atoms with van der Waals surface area (Å²) in [6, 6.07) is 58.9. The molecule has 0 fully saturated rings. The summed E-state index contributed by atoms with van der Waals surface area (Å²) in [6.45, 7) is 0. The molecule has 3 nitrogen and oxygen atoms in total. The summed E-state index contributed by atoms with van der Waals surface area (Å²) in [7, 11) is 0. The Labute approximate surface area is 299 Å². The lowest BCUT2D eigenvalue weighted by Gasteiger charge is -2.15. The van der Waals surface area contributed by atoms with Crippen molar-refractivity contribution in [3.8, 4) is 33.5 Å². The molecule has 0 amide bonds. The summed E-state index contributed by atoms with van der Waals surface area (Å²) in [4.78, 5) is 14.8. The van der Waals surface area contributed by atoms with Gasteiger partial charge in [0.15, 0.2) is 0 Å². The molecule has 0 spiro atoms. The van der Waals surface area contributed by atoms with Gasteiger partial charge in [-0.05, 0) is 78.8 Å². The minimum atomic E-state index is 0.934. The monoisotopic (exact) mass is 659 g/mol. The second-order valence-electron chi connectivity index (χ2n) is 13.6. The number of pyridine rings is 3. The molecular formula is C49H29N3. The third-order valence-electron chi connectivity index (χ3n) is 10.7. The van der Waals surface area contributed by atoms with Crippen molar-refractivity contribution in [3.63, 3.8) is 0 Å². The zero-order valence-electron chi connectivity index (χ0n) is 28.1. The molecular weight excluding hydrogens is 631 g/mol. The molecule has 0 N–H and O–H groups in total. The topological polar surface area (TPSA) is 38.7 Å². The van der Waals surface area contributed by atoms with Gasteiger partial charge < -0.3 is 0 Å². The second kappa shape index (κ2) is 11.3. The van der Waals surface area contributed by atoms with Crippen molar-refractivity contribution in [2.75, 3.05) is 0 Å². The highest BCUT2D eigenvalue weighted by atomic mass is 14.7. The lowest BCUT2D eigenvalue weighted by atomic mass is 9.92. The molecule has 240 valence electrons. The van der Waals surface area contributed by atoms with Gasteiger partial charge in [-0.1, -0.05) is 140 Å². The minimum absolute atomic E-state index is 0.934. The normalized spacial score (nSPS) is 11.8. The first-order chi connectivity index (χ1) is 25.8. The van der Waals surface area contributed by atoms with E-state index in [1.54, 1.807) is 0 Å². The Bertz CT molecular complexity index is 3240. The van der Waals surface area contributed by atoms with Crippen LogP contribution in [0.2, 0.25) is 0 Å². The van der Waals surface area contributed by atoms with Crippen LogP contribution in [0.4, 0.5) is 0 Å². The molecule has 0 unspecified atom stereocenters. The SMILES string of the molecule is c1cnc2c(c1)ccc1c(-c3ccc4cc(-c5ccc(-c6nc7c8ccccc8c8ccccc8c7c7ccccc67)cc5)ccc4c3)ccnc12. The summed E-state index contributed by atoms with van der Waals surface area (Å²) >= 11 is 0. The molecule has 3 heterocycles. The van der Waals surface area contributed by atoms with Gasteiger partial charge in [0.25, 0.3) is 0 Å². The quantitative estimate of drug-likeness (QED) is 0.177. The fourth-order valence-corrected chi connectivity index (χ4v) is 8.23. The Kier molecular flexibility index (Phi) is 6.25. The van der Waals surface area contributed by atoms with E-state index < -0.39 is 0 Å². The summed E-state index contributed by atoms with van der Waals surface area (Å²) in [5.41, 5.74) is 9.73. The largest absolute Gasteiger partial charge is 0.254 e. The highest BCUT2D eigenvalue weighted by molar-refractivity contribution is 6.31. The van der Waals surface area contributed by atoms with Gasteiger partial charge in [0.05, 0.1) is 22.2 Å². The van der Waals surface area contributed by atoms with Gasteiger partial charge in [0, 0.05) is 44.9 Å². The van der Waals surface area contributed by atoms with E-state index in [9.17, 15) is 0 Å². The van der Waals surface area contributed by atoms with Gasteiger partial charge in [-0.25, -0.2) is 4.98 Å². The Balaban J connectivity index is 0.994. The van der Waals surface area contributed by atoms with E-state index in [2.05, 4.69) is 163 Å². The van der Waals surface area contributed by atoms with E-state index in [4.69, 9.17) is 9.97 Å². The summed E-state index contributed by atoms with van der Waals surface area (Å²) in [6.07, 6.45) is 3.73. The molecule has 0 aliphatic carbocycles. The van der Waals surface area contributed by atoms with Gasteiger partial charge in [-0.3, -0.25) is 9.97 Å². The average molecular weight is 660 g/mol. The molecule has 11 aromatic rings. The van der Waals surface area contributed by atoms with Crippen molar-refractivity contribution in [1.82, 2.24) is 15.0 Å². The van der Waals surface area contributed by atoms with Gasteiger partial charge >= 0.3 is 0 Å². The molecule has 0 aliphatic heterocycles. The van der Waals surface area contributed by atoms with E-state index in [-0.39, 0.29) is 0 Å². The number of nitrogens with zero attached hydrogens (tertiary/aromatic N) is 3. The molecule has 52 heavy (non-hydrogen) atoms. The predicted octanol–water partition coefficient (Wildman–Crippen LogP) is 12.9. The van der Waals surface area contributed by atoms with Gasteiger partial charge in [0.1, 0.15) is 0 Å². The van der Waals surface area contributed by atoms with Gasteiger partial charge in [0.2, 0.25) is 0 Å². The van der Waals surface area contributed by atoms with Crippen LogP contribution in [-0.4, -0.2) is 15.0 Å². The molecule has 8 aromatic carbocycles. The van der Waals surface area contributed by atoms with Crippen molar-refractivity contribution >= 4 is 75.8 Å². The first-order valence-corrected chi connectivity index (χ1v) is 17.7. The number of aromatic nitrogens is 3. The smallest absolute Gasteiger partial charge is 0.0970 e. The Morgan fingerprint density at radius 1 is 0.308 bits per heavy atom.